The first kappa shape index (κ1) is 14.1. The number of hydrogen-bond acceptors (Lipinski definition) is 5. The van der Waals surface area contributed by atoms with Gasteiger partial charge < -0.3 is 4.74 Å². The van der Waals surface area contributed by atoms with E-state index in [2.05, 4.69) is 18.8 Å². The molecule has 0 radical (unpaired) electrons. The summed E-state index contributed by atoms with van der Waals surface area (Å²) in [6.07, 6.45) is 3.69. The molecule has 0 saturated carbocycles. The average molecular weight is 310 g/mol. The highest BCUT2D eigenvalue weighted by Crippen LogP contribution is 2.38. The molecule has 0 N–H and O–H groups in total. The summed E-state index contributed by atoms with van der Waals surface area (Å²) in [6, 6.07) is 0. The first-order chi connectivity index (χ1) is 9.49. The van der Waals surface area contributed by atoms with Crippen molar-refractivity contribution in [3.05, 3.63) is 20.8 Å². The van der Waals surface area contributed by atoms with Crippen LogP contribution in [0.3, 0.4) is 0 Å². The molecule has 0 bridgehead atoms. The van der Waals surface area contributed by atoms with Crippen molar-refractivity contribution in [3.8, 4) is 0 Å². The first-order valence-electron chi connectivity index (χ1n) is 6.68. The van der Waals surface area contributed by atoms with Crippen molar-refractivity contribution in [2.24, 2.45) is 7.05 Å². The summed E-state index contributed by atoms with van der Waals surface area (Å²) < 4.78 is 7.62. The van der Waals surface area contributed by atoms with Gasteiger partial charge in [0.1, 0.15) is 4.83 Å². The molecule has 4 nitrogen and oxygen atoms in total. The van der Waals surface area contributed by atoms with E-state index in [1.807, 2.05) is 6.26 Å². The van der Waals surface area contributed by atoms with Crippen LogP contribution in [0.4, 0.5) is 0 Å². The molecule has 6 heteroatoms. The Morgan fingerprint density at radius 3 is 2.95 bits per heavy atom. The highest BCUT2D eigenvalue weighted by Gasteiger charge is 2.33. The van der Waals surface area contributed by atoms with Crippen LogP contribution in [-0.4, -0.2) is 21.4 Å². The quantitative estimate of drug-likeness (QED) is 0.632. The Kier molecular flexibility index (Phi) is 3.43. The monoisotopic (exact) mass is 310 g/mol. The van der Waals surface area contributed by atoms with Gasteiger partial charge in [-0.05, 0) is 25.2 Å². The second-order valence-electron chi connectivity index (χ2n) is 5.42. The minimum atomic E-state index is -0.163. The molecule has 3 heterocycles. The van der Waals surface area contributed by atoms with Crippen molar-refractivity contribution in [1.29, 1.82) is 0 Å². The largest absolute Gasteiger partial charge is 0.369 e. The minimum Gasteiger partial charge on any atom is -0.369 e. The lowest BCUT2D eigenvalue weighted by atomic mass is 9.90. The van der Waals surface area contributed by atoms with E-state index in [4.69, 9.17) is 4.74 Å². The Morgan fingerprint density at radius 2 is 2.30 bits per heavy atom. The lowest BCUT2D eigenvalue weighted by Gasteiger charge is -2.32. The molecule has 0 fully saturated rings. The maximum absolute atomic E-state index is 12.6. The Bertz CT molecular complexity index is 735. The summed E-state index contributed by atoms with van der Waals surface area (Å²) in [5.41, 5.74) is 1.06. The summed E-state index contributed by atoms with van der Waals surface area (Å²) in [5, 5.41) is 1.56. The zero-order chi connectivity index (χ0) is 14.5. The number of thioether (sulfide) groups is 1. The van der Waals surface area contributed by atoms with Gasteiger partial charge in [-0.25, -0.2) is 4.98 Å². The maximum Gasteiger partial charge on any atom is 0.262 e. The number of nitrogens with zero attached hydrogens (tertiary/aromatic N) is 2. The zero-order valence-electron chi connectivity index (χ0n) is 12.1. The third-order valence-electron chi connectivity index (χ3n) is 4.11. The molecule has 108 valence electrons. The predicted octanol–water partition coefficient (Wildman–Crippen LogP) is 2.96. The molecule has 2 aromatic heterocycles. The lowest BCUT2D eigenvalue weighted by molar-refractivity contribution is -0.0543. The van der Waals surface area contributed by atoms with E-state index in [0.29, 0.717) is 6.61 Å². The highest BCUT2D eigenvalue weighted by atomic mass is 32.2. The fraction of sp³-hybridized carbons (Fsp3) is 0.571. The van der Waals surface area contributed by atoms with Crippen LogP contribution in [0.25, 0.3) is 10.2 Å². The van der Waals surface area contributed by atoms with Gasteiger partial charge in [-0.1, -0.05) is 18.7 Å². The second-order valence-corrected chi connectivity index (χ2v) is 7.27. The van der Waals surface area contributed by atoms with Crippen LogP contribution in [0, 0.1) is 0 Å². The molecule has 0 saturated heterocycles. The number of ether oxygens (including phenoxy) is 1. The molecule has 0 unspecified atom stereocenters. The smallest absolute Gasteiger partial charge is 0.262 e. The Morgan fingerprint density at radius 1 is 1.55 bits per heavy atom. The first-order valence-corrected chi connectivity index (χ1v) is 8.72. The predicted molar refractivity (Wildman–Crippen MR) is 83.8 cm³/mol. The number of thiophene rings is 1. The van der Waals surface area contributed by atoms with Crippen LogP contribution in [0.15, 0.2) is 9.95 Å². The minimum absolute atomic E-state index is 0.0669. The number of hydrogen-bond donors (Lipinski definition) is 0. The van der Waals surface area contributed by atoms with E-state index in [1.165, 1.54) is 11.8 Å². The second kappa shape index (κ2) is 4.86. The van der Waals surface area contributed by atoms with Crippen molar-refractivity contribution in [1.82, 2.24) is 9.55 Å². The van der Waals surface area contributed by atoms with Crippen LogP contribution in [0.2, 0.25) is 0 Å². The van der Waals surface area contributed by atoms with Gasteiger partial charge in [-0.15, -0.1) is 11.3 Å². The number of aromatic nitrogens is 2. The van der Waals surface area contributed by atoms with Gasteiger partial charge in [-0.2, -0.15) is 0 Å². The molecule has 2 aromatic rings. The van der Waals surface area contributed by atoms with Crippen LogP contribution >= 0.6 is 23.1 Å². The van der Waals surface area contributed by atoms with Crippen molar-refractivity contribution in [2.45, 2.75) is 44.1 Å². The van der Waals surface area contributed by atoms with E-state index in [-0.39, 0.29) is 11.2 Å². The van der Waals surface area contributed by atoms with E-state index >= 15 is 0 Å². The fourth-order valence-electron chi connectivity index (χ4n) is 2.59. The molecule has 0 amide bonds. The average Bonchev–Trinajstić information content (AvgIpc) is 2.80. The van der Waals surface area contributed by atoms with E-state index < -0.39 is 0 Å². The van der Waals surface area contributed by atoms with Crippen molar-refractivity contribution < 1.29 is 4.74 Å². The maximum atomic E-state index is 12.6. The third kappa shape index (κ3) is 2.01. The number of rotatable bonds is 2. The SMILES string of the molecule is CC[C@]1(C)Cc2c(sc3nc(SC)n(C)c(=O)c23)CO1. The molecule has 1 aliphatic heterocycles. The summed E-state index contributed by atoms with van der Waals surface area (Å²) in [7, 11) is 1.79. The molecule has 3 rings (SSSR count). The summed E-state index contributed by atoms with van der Waals surface area (Å²) in [4.78, 5) is 19.3. The zero-order valence-corrected chi connectivity index (χ0v) is 13.8. The van der Waals surface area contributed by atoms with Gasteiger partial charge in [0.15, 0.2) is 5.16 Å². The van der Waals surface area contributed by atoms with E-state index in [0.717, 1.165) is 38.7 Å². The topological polar surface area (TPSA) is 44.1 Å². The van der Waals surface area contributed by atoms with Crippen molar-refractivity contribution >= 4 is 33.3 Å². The van der Waals surface area contributed by atoms with Crippen LogP contribution in [-0.2, 0) is 24.8 Å². The van der Waals surface area contributed by atoms with E-state index in [9.17, 15) is 4.79 Å². The highest BCUT2D eigenvalue weighted by molar-refractivity contribution is 7.98. The number of fused-ring (bicyclic) bond motifs is 3. The van der Waals surface area contributed by atoms with Gasteiger partial charge >= 0.3 is 0 Å². The fourth-order valence-corrected chi connectivity index (χ4v) is 4.28. The summed E-state index contributed by atoms with van der Waals surface area (Å²) in [6.45, 7) is 4.84. The molecule has 0 aliphatic carbocycles. The van der Waals surface area contributed by atoms with Gasteiger partial charge in [0.2, 0.25) is 0 Å². The third-order valence-corrected chi connectivity index (χ3v) is 5.94. The Labute approximate surface area is 126 Å². The van der Waals surface area contributed by atoms with Gasteiger partial charge in [0, 0.05) is 18.3 Å². The van der Waals surface area contributed by atoms with Crippen LogP contribution in [0.5, 0.6) is 0 Å². The molecular formula is C14H18N2O2S2. The van der Waals surface area contributed by atoms with Crippen LogP contribution < -0.4 is 5.56 Å². The summed E-state index contributed by atoms with van der Waals surface area (Å²) >= 11 is 3.10. The molecule has 1 atom stereocenters. The van der Waals surface area contributed by atoms with Gasteiger partial charge in [-0.3, -0.25) is 9.36 Å². The molecular weight excluding hydrogens is 292 g/mol. The molecule has 20 heavy (non-hydrogen) atoms. The van der Waals surface area contributed by atoms with Crippen molar-refractivity contribution in [2.75, 3.05) is 6.26 Å². The molecule has 0 spiro atoms. The standard InChI is InChI=1S/C14H18N2O2S2/c1-5-14(2)6-8-9(7-18-14)20-11-10(8)12(17)16(3)13(15-11)19-4/h5-7H2,1-4H3/t14-/m1/s1. The van der Waals surface area contributed by atoms with Gasteiger partial charge in [0.25, 0.3) is 5.56 Å². The molecule has 1 aliphatic rings. The van der Waals surface area contributed by atoms with E-state index in [1.54, 1.807) is 23.0 Å². The Balaban J connectivity index is 2.27. The Hall–Kier alpha value is -0.850. The normalized spacial score (nSPS) is 22.2. The lowest BCUT2D eigenvalue weighted by Crippen LogP contribution is -2.34. The van der Waals surface area contributed by atoms with Crippen molar-refractivity contribution in [3.63, 3.8) is 0 Å². The van der Waals surface area contributed by atoms with Crippen LogP contribution in [0.1, 0.15) is 30.7 Å². The van der Waals surface area contributed by atoms with Gasteiger partial charge in [0.05, 0.1) is 17.6 Å². The summed E-state index contributed by atoms with van der Waals surface area (Å²) in [5.74, 6) is 0. The molecule has 0 aromatic carbocycles.